The van der Waals surface area contributed by atoms with Crippen molar-refractivity contribution >= 4 is 0 Å². The number of aromatic nitrogens is 1. The van der Waals surface area contributed by atoms with Crippen LogP contribution in [-0.2, 0) is 6.54 Å². The number of aliphatic hydroxyl groups excluding tert-OH is 1. The molecule has 96 valence electrons. The molecule has 1 atom stereocenters. The van der Waals surface area contributed by atoms with Crippen LogP contribution in [0.25, 0.3) is 0 Å². The van der Waals surface area contributed by atoms with E-state index in [1.165, 1.54) is 0 Å². The van der Waals surface area contributed by atoms with Crippen molar-refractivity contribution in [3.05, 3.63) is 33.7 Å². The van der Waals surface area contributed by atoms with Gasteiger partial charge in [0.1, 0.15) is 0 Å². The monoisotopic (exact) mass is 237 g/mol. The molecule has 1 heterocycles. The molecule has 0 aliphatic carbocycles. The van der Waals surface area contributed by atoms with Crippen molar-refractivity contribution in [3.8, 4) is 0 Å². The number of aryl methyl sites for hydroxylation is 2. The molecule has 1 N–H and O–H groups in total. The van der Waals surface area contributed by atoms with Gasteiger partial charge in [-0.3, -0.25) is 4.79 Å². The Morgan fingerprint density at radius 1 is 1.18 bits per heavy atom. The molecule has 0 aliphatic rings. The topological polar surface area (TPSA) is 42.2 Å². The van der Waals surface area contributed by atoms with E-state index < -0.39 is 0 Å². The first kappa shape index (κ1) is 14.0. The van der Waals surface area contributed by atoms with Crippen LogP contribution in [0, 0.1) is 19.8 Å². The van der Waals surface area contributed by atoms with Crippen LogP contribution < -0.4 is 5.43 Å². The predicted molar refractivity (Wildman–Crippen MR) is 70.3 cm³/mol. The van der Waals surface area contributed by atoms with Crippen LogP contribution in [-0.4, -0.2) is 15.8 Å². The first-order valence-electron chi connectivity index (χ1n) is 6.35. The standard InChI is InChI=1S/C14H23NO2/c1-5-12(6-2)14(17)9-15-10(3)7-13(16)8-11(15)4/h7-8,12,14,17H,5-6,9H2,1-4H3. The minimum atomic E-state index is -0.343. The highest BCUT2D eigenvalue weighted by Gasteiger charge is 2.16. The average molecular weight is 237 g/mol. The fourth-order valence-corrected chi connectivity index (χ4v) is 2.34. The summed E-state index contributed by atoms with van der Waals surface area (Å²) >= 11 is 0. The van der Waals surface area contributed by atoms with Gasteiger partial charge in [0.05, 0.1) is 6.10 Å². The Hall–Kier alpha value is -1.09. The predicted octanol–water partition coefficient (Wildman–Crippen LogP) is 2.26. The normalized spacial score (nSPS) is 13.1. The van der Waals surface area contributed by atoms with Gasteiger partial charge in [-0.15, -0.1) is 0 Å². The minimum absolute atomic E-state index is 0.0354. The van der Waals surface area contributed by atoms with Crippen molar-refractivity contribution < 1.29 is 5.11 Å². The molecule has 0 aliphatic heterocycles. The largest absolute Gasteiger partial charge is 0.391 e. The molecule has 0 saturated carbocycles. The Morgan fingerprint density at radius 3 is 2.06 bits per heavy atom. The lowest BCUT2D eigenvalue weighted by Gasteiger charge is -2.23. The van der Waals surface area contributed by atoms with Crippen LogP contribution in [0.3, 0.4) is 0 Å². The van der Waals surface area contributed by atoms with Crippen molar-refractivity contribution in [2.75, 3.05) is 0 Å². The van der Waals surface area contributed by atoms with Crippen LogP contribution in [0.4, 0.5) is 0 Å². The molecular weight excluding hydrogens is 214 g/mol. The van der Waals surface area contributed by atoms with E-state index in [2.05, 4.69) is 13.8 Å². The Balaban J connectivity index is 2.92. The number of pyridine rings is 1. The van der Waals surface area contributed by atoms with Gasteiger partial charge in [-0.2, -0.15) is 0 Å². The molecular formula is C14H23NO2. The number of nitrogens with zero attached hydrogens (tertiary/aromatic N) is 1. The van der Waals surface area contributed by atoms with Crippen molar-refractivity contribution in [3.63, 3.8) is 0 Å². The zero-order valence-corrected chi connectivity index (χ0v) is 11.2. The third-order valence-corrected chi connectivity index (χ3v) is 3.52. The van der Waals surface area contributed by atoms with Crippen molar-refractivity contribution in [1.82, 2.24) is 4.57 Å². The molecule has 1 unspecified atom stereocenters. The van der Waals surface area contributed by atoms with E-state index in [0.29, 0.717) is 12.5 Å². The van der Waals surface area contributed by atoms with E-state index in [1.54, 1.807) is 12.1 Å². The van der Waals surface area contributed by atoms with E-state index in [0.717, 1.165) is 24.2 Å². The Labute approximate surface area is 103 Å². The highest BCUT2D eigenvalue weighted by atomic mass is 16.3. The fraction of sp³-hybridized carbons (Fsp3) is 0.643. The molecule has 17 heavy (non-hydrogen) atoms. The van der Waals surface area contributed by atoms with Gasteiger partial charge >= 0.3 is 0 Å². The Bertz CT molecular complexity index is 392. The summed E-state index contributed by atoms with van der Waals surface area (Å²) in [6.45, 7) is 8.59. The number of hydrogen-bond donors (Lipinski definition) is 1. The van der Waals surface area contributed by atoms with Crippen LogP contribution >= 0.6 is 0 Å². The van der Waals surface area contributed by atoms with Gasteiger partial charge in [-0.05, 0) is 19.8 Å². The second-order valence-electron chi connectivity index (χ2n) is 4.73. The van der Waals surface area contributed by atoms with Gasteiger partial charge in [0.2, 0.25) is 0 Å². The smallest absolute Gasteiger partial charge is 0.182 e. The summed E-state index contributed by atoms with van der Waals surface area (Å²) in [5, 5.41) is 10.2. The summed E-state index contributed by atoms with van der Waals surface area (Å²) in [6.07, 6.45) is 1.62. The van der Waals surface area contributed by atoms with Crippen molar-refractivity contribution in [2.45, 2.75) is 53.2 Å². The zero-order chi connectivity index (χ0) is 13.0. The van der Waals surface area contributed by atoms with Gasteiger partial charge in [-0.25, -0.2) is 0 Å². The van der Waals surface area contributed by atoms with Gasteiger partial charge in [0.15, 0.2) is 5.43 Å². The molecule has 0 amide bonds. The molecule has 1 rings (SSSR count). The zero-order valence-electron chi connectivity index (χ0n) is 11.2. The molecule has 0 spiro atoms. The highest BCUT2D eigenvalue weighted by Crippen LogP contribution is 2.16. The average Bonchev–Trinajstić information content (AvgIpc) is 2.25. The summed E-state index contributed by atoms with van der Waals surface area (Å²) < 4.78 is 2.02. The quantitative estimate of drug-likeness (QED) is 0.853. The minimum Gasteiger partial charge on any atom is -0.391 e. The van der Waals surface area contributed by atoms with Crippen LogP contribution in [0.5, 0.6) is 0 Å². The van der Waals surface area contributed by atoms with Gasteiger partial charge in [-0.1, -0.05) is 26.7 Å². The molecule has 3 nitrogen and oxygen atoms in total. The summed E-state index contributed by atoms with van der Waals surface area (Å²) in [7, 11) is 0. The van der Waals surface area contributed by atoms with E-state index in [-0.39, 0.29) is 11.5 Å². The first-order valence-corrected chi connectivity index (χ1v) is 6.35. The molecule has 1 aromatic heterocycles. The van der Waals surface area contributed by atoms with E-state index in [1.807, 2.05) is 18.4 Å². The van der Waals surface area contributed by atoms with Crippen molar-refractivity contribution in [2.24, 2.45) is 5.92 Å². The third kappa shape index (κ3) is 3.43. The molecule has 0 saturated heterocycles. The summed E-state index contributed by atoms with van der Waals surface area (Å²) in [5.74, 6) is 0.327. The second kappa shape index (κ2) is 6.01. The number of aliphatic hydroxyl groups is 1. The van der Waals surface area contributed by atoms with Crippen LogP contribution in [0.2, 0.25) is 0 Å². The summed E-state index contributed by atoms with van der Waals surface area (Å²) in [5.41, 5.74) is 1.87. The molecule has 0 bridgehead atoms. The molecule has 0 radical (unpaired) electrons. The maximum atomic E-state index is 11.3. The number of hydrogen-bond acceptors (Lipinski definition) is 2. The van der Waals surface area contributed by atoms with Gasteiger partial charge < -0.3 is 9.67 Å². The summed E-state index contributed by atoms with van der Waals surface area (Å²) in [4.78, 5) is 11.3. The Kier molecular flexibility index (Phi) is 4.94. The molecule has 3 heteroatoms. The van der Waals surface area contributed by atoms with Crippen molar-refractivity contribution in [1.29, 1.82) is 0 Å². The van der Waals surface area contributed by atoms with E-state index in [9.17, 15) is 9.90 Å². The fourth-order valence-electron chi connectivity index (χ4n) is 2.34. The first-order chi connectivity index (χ1) is 7.99. The highest BCUT2D eigenvalue weighted by molar-refractivity contribution is 5.12. The van der Waals surface area contributed by atoms with E-state index in [4.69, 9.17) is 0 Å². The lowest BCUT2D eigenvalue weighted by atomic mass is 9.96. The van der Waals surface area contributed by atoms with Gasteiger partial charge in [0, 0.05) is 30.1 Å². The third-order valence-electron chi connectivity index (χ3n) is 3.52. The maximum absolute atomic E-state index is 11.3. The van der Waals surface area contributed by atoms with Gasteiger partial charge in [0.25, 0.3) is 0 Å². The molecule has 0 aromatic carbocycles. The maximum Gasteiger partial charge on any atom is 0.182 e. The lowest BCUT2D eigenvalue weighted by Crippen LogP contribution is -2.27. The number of rotatable bonds is 5. The molecule has 1 aromatic rings. The SMILES string of the molecule is CCC(CC)C(O)Cn1c(C)cc(=O)cc1C. The lowest BCUT2D eigenvalue weighted by molar-refractivity contribution is 0.0844. The van der Waals surface area contributed by atoms with E-state index >= 15 is 0 Å². The molecule has 0 fully saturated rings. The van der Waals surface area contributed by atoms with Crippen LogP contribution in [0.1, 0.15) is 38.1 Å². The van der Waals surface area contributed by atoms with Crippen LogP contribution in [0.15, 0.2) is 16.9 Å². The summed E-state index contributed by atoms with van der Waals surface area (Å²) in [6, 6.07) is 3.24. The Morgan fingerprint density at radius 2 is 1.65 bits per heavy atom. The second-order valence-corrected chi connectivity index (χ2v) is 4.73.